The van der Waals surface area contributed by atoms with Crippen LogP contribution in [0.5, 0.6) is 0 Å². The Bertz CT molecular complexity index is 528. The van der Waals surface area contributed by atoms with E-state index in [1.807, 2.05) is 0 Å². The number of benzene rings is 1. The molecule has 1 aromatic heterocycles. The highest BCUT2D eigenvalue weighted by molar-refractivity contribution is 5.79. The molecule has 7 heteroatoms. The lowest BCUT2D eigenvalue weighted by atomic mass is 10.2. The van der Waals surface area contributed by atoms with E-state index in [9.17, 15) is 22.0 Å². The molecule has 86 valence electrons. The predicted molar refractivity (Wildman–Crippen MR) is 45.7 cm³/mol. The molecule has 2 rings (SSSR count). The summed E-state index contributed by atoms with van der Waals surface area (Å²) >= 11 is 0. The molecule has 2 nitrogen and oxygen atoms in total. The molecular weight excluding hydrogens is 231 g/mol. The van der Waals surface area contributed by atoms with Crippen molar-refractivity contribution in [3.05, 3.63) is 30.0 Å². The number of alkyl halides is 3. The van der Waals surface area contributed by atoms with Gasteiger partial charge in [-0.15, -0.1) is 0 Å². The van der Waals surface area contributed by atoms with E-state index in [1.165, 1.54) is 0 Å². The number of nitrogens with zero attached hydrogens (tertiary/aromatic N) is 2. The molecule has 0 aliphatic heterocycles. The molecule has 0 radical (unpaired) electrons. The van der Waals surface area contributed by atoms with Crippen molar-refractivity contribution in [2.45, 2.75) is 12.7 Å². The highest BCUT2D eigenvalue weighted by atomic mass is 19.4. The van der Waals surface area contributed by atoms with Gasteiger partial charge < -0.3 is 0 Å². The minimum absolute atomic E-state index is 0.260. The molecular formula is C9H5F5N2. The maximum Gasteiger partial charge on any atom is 0.408 e. The maximum absolute atomic E-state index is 13.2. The minimum atomic E-state index is -4.53. The van der Waals surface area contributed by atoms with Crippen molar-refractivity contribution in [3.8, 4) is 0 Å². The van der Waals surface area contributed by atoms with Crippen LogP contribution in [0.4, 0.5) is 22.0 Å². The van der Waals surface area contributed by atoms with Crippen LogP contribution < -0.4 is 0 Å². The lowest BCUT2D eigenvalue weighted by Gasteiger charge is -2.07. The van der Waals surface area contributed by atoms with Gasteiger partial charge in [-0.2, -0.15) is 18.3 Å². The number of hydrogen-bond donors (Lipinski definition) is 0. The van der Waals surface area contributed by atoms with Gasteiger partial charge in [0, 0.05) is 0 Å². The quantitative estimate of drug-likeness (QED) is 0.696. The topological polar surface area (TPSA) is 17.8 Å². The smallest absolute Gasteiger partial charge is 0.253 e. The molecule has 1 heterocycles. The highest BCUT2D eigenvalue weighted by Gasteiger charge is 2.30. The Balaban J connectivity index is 2.60. The Morgan fingerprint density at radius 3 is 2.38 bits per heavy atom. The zero-order valence-corrected chi connectivity index (χ0v) is 7.72. The molecule has 2 aromatic rings. The summed E-state index contributed by atoms with van der Waals surface area (Å²) in [4.78, 5) is 0. The number of aromatic nitrogens is 2. The summed E-state index contributed by atoms with van der Waals surface area (Å²) in [5, 5.41) is 3.06. The van der Waals surface area contributed by atoms with E-state index in [0.29, 0.717) is 4.68 Å². The van der Waals surface area contributed by atoms with E-state index < -0.39 is 29.9 Å². The van der Waals surface area contributed by atoms with Crippen molar-refractivity contribution in [2.75, 3.05) is 0 Å². The molecule has 0 N–H and O–H groups in total. The van der Waals surface area contributed by atoms with Crippen LogP contribution >= 0.6 is 0 Å². The first-order valence-electron chi connectivity index (χ1n) is 4.25. The van der Waals surface area contributed by atoms with Gasteiger partial charge in [-0.1, -0.05) is 0 Å². The largest absolute Gasteiger partial charge is 0.408 e. The monoisotopic (exact) mass is 236 g/mol. The van der Waals surface area contributed by atoms with E-state index in [0.717, 1.165) is 18.3 Å². The van der Waals surface area contributed by atoms with Gasteiger partial charge in [0.15, 0.2) is 0 Å². The Hall–Kier alpha value is -1.66. The summed E-state index contributed by atoms with van der Waals surface area (Å²) in [5.74, 6) is -1.73. The second kappa shape index (κ2) is 3.43. The molecule has 0 unspecified atom stereocenters. The third-order valence-electron chi connectivity index (χ3n) is 2.03. The first-order valence-corrected chi connectivity index (χ1v) is 4.25. The summed E-state index contributed by atoms with van der Waals surface area (Å²) in [7, 11) is 0. The number of rotatable bonds is 1. The number of hydrogen-bond acceptors (Lipinski definition) is 1. The Labute approximate surface area is 86.3 Å². The lowest BCUT2D eigenvalue weighted by Crippen LogP contribution is -2.18. The lowest BCUT2D eigenvalue weighted by molar-refractivity contribution is -0.141. The van der Waals surface area contributed by atoms with Crippen LogP contribution in [-0.4, -0.2) is 16.0 Å². The fraction of sp³-hybridized carbons (Fsp3) is 0.222. The molecule has 0 saturated heterocycles. The van der Waals surface area contributed by atoms with Gasteiger partial charge in [0.25, 0.3) is 0 Å². The van der Waals surface area contributed by atoms with Gasteiger partial charge in [-0.25, -0.2) is 8.78 Å². The fourth-order valence-corrected chi connectivity index (χ4v) is 1.42. The first-order chi connectivity index (χ1) is 7.38. The molecule has 1 aromatic carbocycles. The van der Waals surface area contributed by atoms with Crippen LogP contribution in [0, 0.1) is 11.6 Å². The van der Waals surface area contributed by atoms with Crippen molar-refractivity contribution in [2.24, 2.45) is 0 Å². The number of fused-ring (bicyclic) bond motifs is 1. The van der Waals surface area contributed by atoms with Gasteiger partial charge in [0.2, 0.25) is 0 Å². The summed E-state index contributed by atoms with van der Waals surface area (Å²) in [6, 6.07) is 1.61. The van der Waals surface area contributed by atoms with Gasteiger partial charge in [0.1, 0.15) is 23.7 Å². The van der Waals surface area contributed by atoms with Crippen molar-refractivity contribution < 1.29 is 22.0 Å². The summed E-state index contributed by atoms with van der Waals surface area (Å²) in [6.07, 6.45) is -3.66. The van der Waals surface area contributed by atoms with Crippen LogP contribution in [0.15, 0.2) is 18.3 Å². The van der Waals surface area contributed by atoms with Gasteiger partial charge in [-0.3, -0.25) is 4.68 Å². The van der Waals surface area contributed by atoms with E-state index in [4.69, 9.17) is 0 Å². The molecule has 0 amide bonds. The van der Waals surface area contributed by atoms with Crippen molar-refractivity contribution >= 4 is 10.9 Å². The minimum Gasteiger partial charge on any atom is -0.253 e. The average molecular weight is 236 g/mol. The van der Waals surface area contributed by atoms with E-state index in [-0.39, 0.29) is 5.39 Å². The van der Waals surface area contributed by atoms with Crippen molar-refractivity contribution in [1.82, 2.24) is 9.78 Å². The van der Waals surface area contributed by atoms with Gasteiger partial charge in [-0.05, 0) is 12.1 Å². The third kappa shape index (κ3) is 1.84. The summed E-state index contributed by atoms with van der Waals surface area (Å²) in [6.45, 7) is -1.45. The molecule has 0 atom stereocenters. The second-order valence-electron chi connectivity index (χ2n) is 3.21. The Kier molecular flexibility index (Phi) is 2.32. The second-order valence-corrected chi connectivity index (χ2v) is 3.21. The van der Waals surface area contributed by atoms with Gasteiger partial charge >= 0.3 is 6.18 Å². The number of halogens is 5. The van der Waals surface area contributed by atoms with E-state index >= 15 is 0 Å². The van der Waals surface area contributed by atoms with Crippen LogP contribution in [0.1, 0.15) is 0 Å². The van der Waals surface area contributed by atoms with E-state index in [1.54, 1.807) is 0 Å². The first kappa shape index (κ1) is 10.8. The van der Waals surface area contributed by atoms with Crippen molar-refractivity contribution in [3.63, 3.8) is 0 Å². The average Bonchev–Trinajstić information content (AvgIpc) is 2.54. The van der Waals surface area contributed by atoms with Crippen LogP contribution in [-0.2, 0) is 6.54 Å². The highest BCUT2D eigenvalue weighted by Crippen LogP contribution is 2.24. The molecule has 0 saturated carbocycles. The predicted octanol–water partition coefficient (Wildman–Crippen LogP) is 2.88. The van der Waals surface area contributed by atoms with Crippen LogP contribution in [0.2, 0.25) is 0 Å². The zero-order valence-electron chi connectivity index (χ0n) is 7.72. The van der Waals surface area contributed by atoms with E-state index in [2.05, 4.69) is 5.10 Å². The normalized spacial score (nSPS) is 12.3. The summed E-state index contributed by atoms with van der Waals surface area (Å²) < 4.78 is 63.1. The Morgan fingerprint density at radius 1 is 1.12 bits per heavy atom. The molecule has 0 spiro atoms. The zero-order chi connectivity index (χ0) is 11.9. The molecule has 0 bridgehead atoms. The van der Waals surface area contributed by atoms with Crippen LogP contribution in [0.25, 0.3) is 10.9 Å². The van der Waals surface area contributed by atoms with Gasteiger partial charge in [0.05, 0.1) is 11.6 Å². The SMILES string of the molecule is Fc1ccc(F)c2c1cnn2CC(F)(F)F. The molecule has 16 heavy (non-hydrogen) atoms. The molecule has 0 aliphatic rings. The van der Waals surface area contributed by atoms with Crippen LogP contribution in [0.3, 0.4) is 0 Å². The standard InChI is InChI=1S/C9H5F5N2/c10-6-1-2-7(11)8-5(6)3-15-16(8)4-9(12,13)14/h1-3H,4H2. The third-order valence-corrected chi connectivity index (χ3v) is 2.03. The Morgan fingerprint density at radius 2 is 1.75 bits per heavy atom. The van der Waals surface area contributed by atoms with Crippen molar-refractivity contribution in [1.29, 1.82) is 0 Å². The maximum atomic E-state index is 13.2. The summed E-state index contributed by atoms with van der Waals surface area (Å²) in [5.41, 5.74) is -0.475. The fourth-order valence-electron chi connectivity index (χ4n) is 1.42. The molecule has 0 fully saturated rings. The molecule has 0 aliphatic carbocycles.